The first-order chi connectivity index (χ1) is 8.99. The van der Waals surface area contributed by atoms with Crippen LogP contribution >= 0.6 is 0 Å². The summed E-state index contributed by atoms with van der Waals surface area (Å²) in [5.41, 5.74) is 6.60. The molecule has 2 heteroatoms. The Morgan fingerprint density at radius 1 is 1.16 bits per heavy atom. The molecule has 2 nitrogen and oxygen atoms in total. The lowest BCUT2D eigenvalue weighted by Crippen LogP contribution is -2.02. The summed E-state index contributed by atoms with van der Waals surface area (Å²) in [4.78, 5) is 0. The summed E-state index contributed by atoms with van der Waals surface area (Å²) < 4.78 is 2.24. The molecule has 0 saturated heterocycles. The fourth-order valence-corrected chi connectivity index (χ4v) is 2.32. The first-order valence-electron chi connectivity index (χ1n) is 6.94. The molecular weight excluding hydrogens is 232 g/mol. The maximum atomic E-state index is 3.52. The maximum Gasteiger partial charge on any atom is 0.0418 e. The molecule has 19 heavy (non-hydrogen) atoms. The SMILES string of the molecule is Cc1cc(CNc2cccc(C(C)C)c2)c(C)n1C. The Morgan fingerprint density at radius 2 is 1.89 bits per heavy atom. The van der Waals surface area contributed by atoms with Crippen LogP contribution in [0, 0.1) is 13.8 Å². The van der Waals surface area contributed by atoms with Gasteiger partial charge in [-0.2, -0.15) is 0 Å². The lowest BCUT2D eigenvalue weighted by molar-refractivity contribution is 0.836. The van der Waals surface area contributed by atoms with E-state index in [9.17, 15) is 0 Å². The minimum atomic E-state index is 0.572. The number of rotatable bonds is 4. The minimum Gasteiger partial charge on any atom is -0.381 e. The fourth-order valence-electron chi connectivity index (χ4n) is 2.32. The highest BCUT2D eigenvalue weighted by Crippen LogP contribution is 2.20. The molecule has 0 bridgehead atoms. The Bertz CT molecular complexity index is 565. The van der Waals surface area contributed by atoms with Gasteiger partial charge in [0.25, 0.3) is 0 Å². The molecule has 0 amide bonds. The molecule has 1 N–H and O–H groups in total. The normalized spacial score (nSPS) is 11.1. The van der Waals surface area contributed by atoms with E-state index in [1.807, 2.05) is 0 Å². The summed E-state index contributed by atoms with van der Waals surface area (Å²) in [6.07, 6.45) is 0. The van der Waals surface area contributed by atoms with E-state index in [0.29, 0.717) is 5.92 Å². The van der Waals surface area contributed by atoms with Crippen LogP contribution in [0.25, 0.3) is 0 Å². The lowest BCUT2D eigenvalue weighted by Gasteiger charge is -2.10. The van der Waals surface area contributed by atoms with Crippen molar-refractivity contribution < 1.29 is 0 Å². The second-order valence-corrected chi connectivity index (χ2v) is 5.59. The third-order valence-corrected chi connectivity index (χ3v) is 3.92. The van der Waals surface area contributed by atoms with E-state index in [1.54, 1.807) is 0 Å². The van der Waals surface area contributed by atoms with Gasteiger partial charge in [0.15, 0.2) is 0 Å². The fraction of sp³-hybridized carbons (Fsp3) is 0.412. The van der Waals surface area contributed by atoms with Gasteiger partial charge in [-0.3, -0.25) is 0 Å². The zero-order valence-electron chi connectivity index (χ0n) is 12.6. The average Bonchev–Trinajstić information content (AvgIpc) is 2.64. The summed E-state index contributed by atoms with van der Waals surface area (Å²) in [6, 6.07) is 11.0. The van der Waals surface area contributed by atoms with Gasteiger partial charge >= 0.3 is 0 Å². The number of anilines is 1. The minimum absolute atomic E-state index is 0.572. The summed E-state index contributed by atoms with van der Waals surface area (Å²) in [5.74, 6) is 0.572. The zero-order chi connectivity index (χ0) is 14.0. The predicted octanol–water partition coefficient (Wildman–Crippen LogP) is 4.38. The molecule has 1 aromatic heterocycles. The molecule has 0 spiro atoms. The van der Waals surface area contributed by atoms with Crippen molar-refractivity contribution in [1.82, 2.24) is 4.57 Å². The highest BCUT2D eigenvalue weighted by atomic mass is 15.0. The van der Waals surface area contributed by atoms with Crippen molar-refractivity contribution in [3.63, 3.8) is 0 Å². The lowest BCUT2D eigenvalue weighted by atomic mass is 10.0. The van der Waals surface area contributed by atoms with Crippen molar-refractivity contribution in [2.75, 3.05) is 5.32 Å². The van der Waals surface area contributed by atoms with E-state index in [2.05, 4.69) is 75.0 Å². The zero-order valence-corrected chi connectivity index (χ0v) is 12.6. The van der Waals surface area contributed by atoms with Crippen LogP contribution in [0.5, 0.6) is 0 Å². The quantitative estimate of drug-likeness (QED) is 0.859. The Hall–Kier alpha value is -1.70. The van der Waals surface area contributed by atoms with E-state index in [0.717, 1.165) is 6.54 Å². The summed E-state index contributed by atoms with van der Waals surface area (Å²) >= 11 is 0. The first-order valence-corrected chi connectivity index (χ1v) is 6.94. The molecule has 0 saturated carbocycles. The van der Waals surface area contributed by atoms with Gasteiger partial charge in [0.1, 0.15) is 0 Å². The van der Waals surface area contributed by atoms with Crippen LogP contribution < -0.4 is 5.32 Å². The molecule has 0 radical (unpaired) electrons. The molecule has 102 valence electrons. The third-order valence-electron chi connectivity index (χ3n) is 3.92. The molecule has 2 rings (SSSR count). The van der Waals surface area contributed by atoms with E-state index in [1.165, 1.54) is 28.2 Å². The van der Waals surface area contributed by atoms with Crippen molar-refractivity contribution in [2.45, 2.75) is 40.2 Å². The Morgan fingerprint density at radius 3 is 2.47 bits per heavy atom. The Kier molecular flexibility index (Phi) is 3.98. The van der Waals surface area contributed by atoms with Gasteiger partial charge < -0.3 is 9.88 Å². The van der Waals surface area contributed by atoms with Crippen LogP contribution in [0.4, 0.5) is 5.69 Å². The van der Waals surface area contributed by atoms with Crippen LogP contribution in [0.15, 0.2) is 30.3 Å². The molecule has 2 aromatic rings. The van der Waals surface area contributed by atoms with Gasteiger partial charge in [-0.25, -0.2) is 0 Å². The predicted molar refractivity (Wildman–Crippen MR) is 82.7 cm³/mol. The number of hydrogen-bond acceptors (Lipinski definition) is 1. The molecule has 1 aromatic carbocycles. The molecule has 0 aliphatic carbocycles. The van der Waals surface area contributed by atoms with E-state index < -0.39 is 0 Å². The van der Waals surface area contributed by atoms with E-state index in [4.69, 9.17) is 0 Å². The van der Waals surface area contributed by atoms with Gasteiger partial charge in [-0.15, -0.1) is 0 Å². The molecule has 0 aliphatic rings. The molecular formula is C17H24N2. The number of nitrogens with zero attached hydrogens (tertiary/aromatic N) is 1. The number of aromatic nitrogens is 1. The Labute approximate surface area is 116 Å². The highest BCUT2D eigenvalue weighted by Gasteiger charge is 2.06. The summed E-state index contributed by atoms with van der Waals surface area (Å²) in [7, 11) is 2.12. The van der Waals surface area contributed by atoms with Crippen LogP contribution in [0.3, 0.4) is 0 Å². The number of hydrogen-bond donors (Lipinski definition) is 1. The second-order valence-electron chi connectivity index (χ2n) is 5.59. The number of aryl methyl sites for hydroxylation is 1. The van der Waals surface area contributed by atoms with E-state index >= 15 is 0 Å². The molecule has 1 heterocycles. The molecule has 0 atom stereocenters. The van der Waals surface area contributed by atoms with Gasteiger partial charge in [0.05, 0.1) is 0 Å². The standard InChI is InChI=1S/C17H24N2/c1-12(2)15-7-6-8-17(10-15)18-11-16-9-13(3)19(5)14(16)4/h6-10,12,18H,11H2,1-5H3. The van der Waals surface area contributed by atoms with Gasteiger partial charge in [0.2, 0.25) is 0 Å². The summed E-state index contributed by atoms with van der Waals surface area (Å²) in [5, 5.41) is 3.52. The van der Waals surface area contributed by atoms with Crippen molar-refractivity contribution in [3.05, 3.63) is 52.8 Å². The van der Waals surface area contributed by atoms with Gasteiger partial charge in [-0.05, 0) is 49.1 Å². The molecule has 0 unspecified atom stereocenters. The molecule has 0 fully saturated rings. The van der Waals surface area contributed by atoms with Crippen LogP contribution in [-0.4, -0.2) is 4.57 Å². The largest absolute Gasteiger partial charge is 0.381 e. The highest BCUT2D eigenvalue weighted by molar-refractivity contribution is 5.47. The maximum absolute atomic E-state index is 3.52. The van der Waals surface area contributed by atoms with Crippen LogP contribution in [-0.2, 0) is 13.6 Å². The van der Waals surface area contributed by atoms with Crippen molar-refractivity contribution in [3.8, 4) is 0 Å². The second kappa shape index (κ2) is 5.52. The number of nitrogens with one attached hydrogen (secondary N) is 1. The summed E-state index contributed by atoms with van der Waals surface area (Å²) in [6.45, 7) is 9.66. The molecule has 0 aliphatic heterocycles. The van der Waals surface area contributed by atoms with Crippen LogP contribution in [0.1, 0.15) is 42.3 Å². The van der Waals surface area contributed by atoms with Crippen LogP contribution in [0.2, 0.25) is 0 Å². The Balaban J connectivity index is 2.10. The van der Waals surface area contributed by atoms with E-state index in [-0.39, 0.29) is 0 Å². The number of benzene rings is 1. The smallest absolute Gasteiger partial charge is 0.0418 e. The first kappa shape index (κ1) is 13.7. The topological polar surface area (TPSA) is 17.0 Å². The van der Waals surface area contributed by atoms with Gasteiger partial charge in [-0.1, -0.05) is 26.0 Å². The van der Waals surface area contributed by atoms with Crippen molar-refractivity contribution in [1.29, 1.82) is 0 Å². The van der Waals surface area contributed by atoms with Crippen molar-refractivity contribution >= 4 is 5.69 Å². The average molecular weight is 256 g/mol. The van der Waals surface area contributed by atoms with Crippen molar-refractivity contribution in [2.24, 2.45) is 7.05 Å². The van der Waals surface area contributed by atoms with Gasteiger partial charge in [0, 0.05) is 30.7 Å². The third kappa shape index (κ3) is 3.01. The monoisotopic (exact) mass is 256 g/mol.